The topological polar surface area (TPSA) is 27.1 Å². The lowest BCUT2D eigenvalue weighted by Gasteiger charge is -2.09. The summed E-state index contributed by atoms with van der Waals surface area (Å²) in [4.78, 5) is 0. The normalized spacial score (nSPS) is 12.1. The van der Waals surface area contributed by atoms with E-state index in [0.717, 1.165) is 24.2 Å². The molecule has 1 rings (SSSR count). The second-order valence-electron chi connectivity index (χ2n) is 3.73. The minimum Gasteiger partial charge on any atom is -0.370 e. The molecule has 0 saturated carbocycles. The number of aromatic nitrogens is 2. The molecule has 1 aromatic heterocycles. The van der Waals surface area contributed by atoms with E-state index in [9.17, 15) is 13.2 Å². The lowest BCUT2D eigenvalue weighted by atomic mass is 10.3. The lowest BCUT2D eigenvalue weighted by molar-refractivity contribution is -0.174. The maximum Gasteiger partial charge on any atom is 0.411 e. The molecular formula is C11H17F3N2O. The third kappa shape index (κ3) is 4.77. The van der Waals surface area contributed by atoms with E-state index in [4.69, 9.17) is 0 Å². The largest absolute Gasteiger partial charge is 0.411 e. The summed E-state index contributed by atoms with van der Waals surface area (Å²) in [5, 5.41) is 4.29. The van der Waals surface area contributed by atoms with Crippen LogP contribution in [-0.2, 0) is 24.1 Å². The zero-order chi connectivity index (χ0) is 12.9. The fraction of sp³-hybridized carbons (Fsp3) is 0.727. The second-order valence-corrected chi connectivity index (χ2v) is 3.73. The minimum atomic E-state index is -4.26. The Bertz CT molecular complexity index is 347. The molecule has 0 aliphatic rings. The van der Waals surface area contributed by atoms with Crippen molar-refractivity contribution >= 4 is 0 Å². The molecule has 0 amide bonds. The molecule has 1 heterocycles. The van der Waals surface area contributed by atoms with Crippen LogP contribution in [0.25, 0.3) is 0 Å². The number of rotatable bonds is 6. The van der Waals surface area contributed by atoms with Crippen molar-refractivity contribution in [3.8, 4) is 0 Å². The van der Waals surface area contributed by atoms with Gasteiger partial charge in [0, 0.05) is 5.69 Å². The Morgan fingerprint density at radius 2 is 2.00 bits per heavy atom. The zero-order valence-electron chi connectivity index (χ0n) is 10.0. The number of hydrogen-bond acceptors (Lipinski definition) is 2. The monoisotopic (exact) mass is 250 g/mol. The van der Waals surface area contributed by atoms with Crippen molar-refractivity contribution in [3.05, 3.63) is 17.5 Å². The molecule has 6 heteroatoms. The third-order valence-corrected chi connectivity index (χ3v) is 2.35. The van der Waals surface area contributed by atoms with Gasteiger partial charge < -0.3 is 4.74 Å². The Morgan fingerprint density at radius 1 is 1.29 bits per heavy atom. The van der Waals surface area contributed by atoms with Crippen LogP contribution in [0.5, 0.6) is 0 Å². The molecule has 0 atom stereocenters. The molecule has 0 fully saturated rings. The number of ether oxygens (including phenoxy) is 1. The van der Waals surface area contributed by atoms with Gasteiger partial charge in [-0.05, 0) is 18.9 Å². The molecule has 98 valence electrons. The van der Waals surface area contributed by atoms with Gasteiger partial charge in [-0.1, -0.05) is 13.8 Å². The molecular weight excluding hydrogens is 233 g/mol. The SMILES string of the molecule is CCc1cc(CC)n(CCOCC(F)(F)F)n1. The molecule has 0 aromatic carbocycles. The first-order valence-corrected chi connectivity index (χ1v) is 5.66. The van der Waals surface area contributed by atoms with Gasteiger partial charge in [-0.3, -0.25) is 4.68 Å². The quantitative estimate of drug-likeness (QED) is 0.726. The van der Waals surface area contributed by atoms with Crippen LogP contribution in [0.1, 0.15) is 25.2 Å². The van der Waals surface area contributed by atoms with Crippen LogP contribution in [0, 0.1) is 0 Å². The Kier molecular flexibility index (Phi) is 4.99. The van der Waals surface area contributed by atoms with Gasteiger partial charge in [0.05, 0.1) is 18.8 Å². The molecule has 1 aromatic rings. The Hall–Kier alpha value is -1.04. The van der Waals surface area contributed by atoms with Crippen molar-refractivity contribution in [1.29, 1.82) is 0 Å². The first-order valence-electron chi connectivity index (χ1n) is 5.66. The van der Waals surface area contributed by atoms with Gasteiger partial charge in [0.2, 0.25) is 0 Å². The maximum atomic E-state index is 11.8. The summed E-state index contributed by atoms with van der Waals surface area (Å²) in [5.41, 5.74) is 1.98. The molecule has 0 spiro atoms. The second kappa shape index (κ2) is 6.05. The van der Waals surface area contributed by atoms with Crippen molar-refractivity contribution in [1.82, 2.24) is 9.78 Å². The smallest absolute Gasteiger partial charge is 0.370 e. The van der Waals surface area contributed by atoms with Crippen LogP contribution >= 0.6 is 0 Å². The van der Waals surface area contributed by atoms with Gasteiger partial charge in [-0.15, -0.1) is 0 Å². The Labute approximate surface area is 98.6 Å². The van der Waals surface area contributed by atoms with Gasteiger partial charge in [0.25, 0.3) is 0 Å². The van der Waals surface area contributed by atoms with Crippen LogP contribution in [0.2, 0.25) is 0 Å². The highest BCUT2D eigenvalue weighted by Crippen LogP contribution is 2.14. The fourth-order valence-corrected chi connectivity index (χ4v) is 1.50. The first kappa shape index (κ1) is 14.0. The van der Waals surface area contributed by atoms with E-state index in [1.807, 2.05) is 19.9 Å². The van der Waals surface area contributed by atoms with Crippen LogP contribution in [0.15, 0.2) is 6.07 Å². The number of alkyl halides is 3. The van der Waals surface area contributed by atoms with Gasteiger partial charge >= 0.3 is 6.18 Å². The van der Waals surface area contributed by atoms with E-state index in [1.165, 1.54) is 0 Å². The van der Waals surface area contributed by atoms with Gasteiger partial charge in [0.15, 0.2) is 0 Å². The predicted molar refractivity (Wildman–Crippen MR) is 57.9 cm³/mol. The van der Waals surface area contributed by atoms with Crippen molar-refractivity contribution in [2.45, 2.75) is 39.4 Å². The highest BCUT2D eigenvalue weighted by atomic mass is 19.4. The summed E-state index contributed by atoms with van der Waals surface area (Å²) in [7, 11) is 0. The number of nitrogens with zero attached hydrogens (tertiary/aromatic N) is 2. The molecule has 0 aliphatic carbocycles. The van der Waals surface area contributed by atoms with E-state index in [2.05, 4.69) is 9.84 Å². The van der Waals surface area contributed by atoms with Gasteiger partial charge in [-0.2, -0.15) is 18.3 Å². The summed E-state index contributed by atoms with van der Waals surface area (Å²) in [6.45, 7) is 3.17. The molecule has 0 unspecified atom stereocenters. The summed E-state index contributed by atoms with van der Waals surface area (Å²) < 4.78 is 41.8. The molecule has 0 aliphatic heterocycles. The standard InChI is InChI=1S/C11H17F3N2O/c1-3-9-7-10(4-2)16(15-9)5-6-17-8-11(12,13)14/h7H,3-6,8H2,1-2H3. The van der Waals surface area contributed by atoms with E-state index in [-0.39, 0.29) is 6.61 Å². The fourth-order valence-electron chi connectivity index (χ4n) is 1.50. The van der Waals surface area contributed by atoms with E-state index in [1.54, 1.807) is 4.68 Å². The van der Waals surface area contributed by atoms with E-state index in [0.29, 0.717) is 6.54 Å². The molecule has 0 bridgehead atoms. The summed E-state index contributed by atoms with van der Waals surface area (Å²) >= 11 is 0. The molecule has 17 heavy (non-hydrogen) atoms. The van der Waals surface area contributed by atoms with Crippen LogP contribution in [0.3, 0.4) is 0 Å². The third-order valence-electron chi connectivity index (χ3n) is 2.35. The average molecular weight is 250 g/mol. The summed E-state index contributed by atoms with van der Waals surface area (Å²) in [5.74, 6) is 0. The minimum absolute atomic E-state index is 0.0251. The van der Waals surface area contributed by atoms with Crippen molar-refractivity contribution < 1.29 is 17.9 Å². The van der Waals surface area contributed by atoms with E-state index < -0.39 is 12.8 Å². The molecule has 0 saturated heterocycles. The average Bonchev–Trinajstić information content (AvgIpc) is 2.65. The van der Waals surface area contributed by atoms with Crippen LogP contribution < -0.4 is 0 Å². The van der Waals surface area contributed by atoms with E-state index >= 15 is 0 Å². The predicted octanol–water partition coefficient (Wildman–Crippen LogP) is 2.59. The van der Waals surface area contributed by atoms with Crippen molar-refractivity contribution in [2.75, 3.05) is 13.2 Å². The van der Waals surface area contributed by atoms with Gasteiger partial charge in [0.1, 0.15) is 6.61 Å². The molecule has 0 N–H and O–H groups in total. The van der Waals surface area contributed by atoms with Gasteiger partial charge in [-0.25, -0.2) is 0 Å². The lowest BCUT2D eigenvalue weighted by Crippen LogP contribution is -2.19. The van der Waals surface area contributed by atoms with Crippen LogP contribution in [-0.4, -0.2) is 29.2 Å². The van der Waals surface area contributed by atoms with Crippen molar-refractivity contribution in [2.24, 2.45) is 0 Å². The number of halogens is 3. The number of hydrogen-bond donors (Lipinski definition) is 0. The first-order chi connectivity index (χ1) is 7.96. The molecule has 0 radical (unpaired) electrons. The maximum absolute atomic E-state index is 11.8. The zero-order valence-corrected chi connectivity index (χ0v) is 10.0. The Balaban J connectivity index is 2.43. The van der Waals surface area contributed by atoms with Crippen LogP contribution in [0.4, 0.5) is 13.2 Å². The number of aryl methyl sites for hydroxylation is 2. The Morgan fingerprint density at radius 3 is 2.53 bits per heavy atom. The van der Waals surface area contributed by atoms with Crippen molar-refractivity contribution in [3.63, 3.8) is 0 Å². The molecule has 3 nitrogen and oxygen atoms in total. The summed E-state index contributed by atoms with van der Waals surface area (Å²) in [6, 6.07) is 1.98. The summed E-state index contributed by atoms with van der Waals surface area (Å²) in [6.07, 6.45) is -2.62. The highest BCUT2D eigenvalue weighted by molar-refractivity contribution is 5.10. The highest BCUT2D eigenvalue weighted by Gasteiger charge is 2.27.